The summed E-state index contributed by atoms with van der Waals surface area (Å²) in [4.78, 5) is 0. The van der Waals surface area contributed by atoms with Gasteiger partial charge in [-0.1, -0.05) is 209 Å². The summed E-state index contributed by atoms with van der Waals surface area (Å²) in [6.45, 7) is 39.5. The van der Waals surface area contributed by atoms with Crippen molar-refractivity contribution in [3.63, 3.8) is 0 Å². The zero-order valence-electron chi connectivity index (χ0n) is 46.6. The topological polar surface area (TPSA) is 55.4 Å². The molecule has 1 aromatic rings. The van der Waals surface area contributed by atoms with Crippen LogP contribution in [0, 0.1) is 0 Å². The van der Waals surface area contributed by atoms with Gasteiger partial charge in [-0.25, -0.2) is 0 Å². The van der Waals surface area contributed by atoms with Crippen molar-refractivity contribution < 1.29 is 27.5 Å². The number of hydrogen-bond donors (Lipinski definition) is 0. The van der Waals surface area contributed by atoms with Crippen LogP contribution < -0.4 is 0 Å². The largest absolute Gasteiger partial charge is 0.411 e. The van der Waals surface area contributed by atoms with Crippen LogP contribution in [0.4, 0.5) is 0 Å². The molecule has 9 heteroatoms. The third-order valence-corrected chi connectivity index (χ3v) is 30.2. The predicted octanol–water partition coefficient (Wildman–Crippen LogP) is 17.9. The maximum Gasteiger partial charge on any atom is 0.192 e. The van der Waals surface area contributed by atoms with E-state index in [9.17, 15) is 0 Å². The number of unbranched alkanes of at least 4 members (excludes halogenated alkanes) is 16. The molecular formula is C57H110O6Si3. The van der Waals surface area contributed by atoms with E-state index in [1.54, 1.807) is 0 Å². The summed E-state index contributed by atoms with van der Waals surface area (Å²) in [6, 6.07) is 10.5. The Hall–Kier alpha value is -0.369. The Labute approximate surface area is 413 Å². The quantitative estimate of drug-likeness (QED) is 0.0517. The summed E-state index contributed by atoms with van der Waals surface area (Å²) in [5.41, 5.74) is 1.24. The Morgan fingerprint density at radius 1 is 0.530 bits per heavy atom. The molecule has 0 aromatic heterocycles. The van der Waals surface area contributed by atoms with Gasteiger partial charge in [0, 0.05) is 13.0 Å². The molecule has 0 amide bonds. The maximum atomic E-state index is 7.41. The molecule has 6 nitrogen and oxygen atoms in total. The summed E-state index contributed by atoms with van der Waals surface area (Å²) < 4.78 is 42.8. The van der Waals surface area contributed by atoms with Gasteiger partial charge < -0.3 is 27.5 Å². The molecule has 0 spiro atoms. The zero-order valence-corrected chi connectivity index (χ0v) is 49.6. The van der Waals surface area contributed by atoms with Gasteiger partial charge in [-0.15, -0.1) is 0 Å². The van der Waals surface area contributed by atoms with Crippen molar-refractivity contribution in [1.29, 1.82) is 0 Å². The highest BCUT2D eigenvalue weighted by molar-refractivity contribution is 6.75. The smallest absolute Gasteiger partial charge is 0.192 e. The Morgan fingerprint density at radius 2 is 0.970 bits per heavy atom. The Kier molecular flexibility index (Phi) is 26.0. The van der Waals surface area contributed by atoms with Crippen molar-refractivity contribution in [2.45, 2.75) is 321 Å². The molecule has 0 bridgehead atoms. The van der Waals surface area contributed by atoms with Gasteiger partial charge in [0.25, 0.3) is 0 Å². The number of benzene rings is 1. The molecule has 0 unspecified atom stereocenters. The van der Waals surface area contributed by atoms with Crippen LogP contribution in [0.2, 0.25) is 54.4 Å². The van der Waals surface area contributed by atoms with E-state index in [0.717, 1.165) is 58.0 Å². The SMILES string of the molecule is CCCCCCCCCCCCCCCCC[C@H](O[Si](C)(C)C(C)(C)C)[C@@H]1C[C@@H](O[Si](C)(C)C(C)(C)C)[C@@H]([C@@H]2CC[C@@H]([C@@H](CCCCCOCc3ccccc3)O[Si](C)(C)C(C)(C)C)O2)O1. The lowest BCUT2D eigenvalue weighted by molar-refractivity contribution is -0.120. The van der Waals surface area contributed by atoms with Crippen LogP contribution in [0.5, 0.6) is 0 Å². The molecule has 3 rings (SSSR count). The van der Waals surface area contributed by atoms with Gasteiger partial charge in [0.1, 0.15) is 6.10 Å². The van der Waals surface area contributed by atoms with Crippen molar-refractivity contribution >= 4 is 25.0 Å². The monoisotopic (exact) mass is 975 g/mol. The van der Waals surface area contributed by atoms with E-state index in [0.29, 0.717) is 6.61 Å². The molecule has 2 saturated heterocycles. The summed E-state index contributed by atoms with van der Waals surface area (Å²) in [5, 5.41) is 0.365. The number of rotatable bonds is 33. The molecule has 66 heavy (non-hydrogen) atoms. The molecule has 0 aliphatic carbocycles. The van der Waals surface area contributed by atoms with E-state index in [2.05, 4.69) is 139 Å². The van der Waals surface area contributed by atoms with E-state index in [1.807, 2.05) is 0 Å². The lowest BCUT2D eigenvalue weighted by Crippen LogP contribution is -2.49. The van der Waals surface area contributed by atoms with Crippen LogP contribution in [0.3, 0.4) is 0 Å². The molecule has 1 aromatic carbocycles. The molecule has 0 radical (unpaired) electrons. The maximum absolute atomic E-state index is 7.41. The van der Waals surface area contributed by atoms with Gasteiger partial charge in [0.05, 0.1) is 43.2 Å². The zero-order chi connectivity index (χ0) is 49.1. The van der Waals surface area contributed by atoms with Crippen molar-refractivity contribution in [1.82, 2.24) is 0 Å². The fraction of sp³-hybridized carbons (Fsp3) is 0.895. The third-order valence-electron chi connectivity index (χ3n) is 16.7. The van der Waals surface area contributed by atoms with Crippen LogP contribution in [0.1, 0.15) is 222 Å². The summed E-state index contributed by atoms with van der Waals surface area (Å²) in [7, 11) is -6.22. The second kappa shape index (κ2) is 28.6. The molecule has 2 heterocycles. The van der Waals surface area contributed by atoms with Gasteiger partial charge in [-0.2, -0.15) is 0 Å². The molecule has 2 fully saturated rings. The van der Waals surface area contributed by atoms with E-state index >= 15 is 0 Å². The molecule has 386 valence electrons. The van der Waals surface area contributed by atoms with Crippen LogP contribution in [-0.2, 0) is 34.1 Å². The second-order valence-corrected chi connectivity index (χ2v) is 39.8. The Morgan fingerprint density at radius 3 is 1.44 bits per heavy atom. The number of ether oxygens (including phenoxy) is 3. The van der Waals surface area contributed by atoms with Crippen LogP contribution in [-0.4, -0.2) is 74.3 Å². The fourth-order valence-electron chi connectivity index (χ4n) is 9.11. The van der Waals surface area contributed by atoms with Crippen molar-refractivity contribution in [3.8, 4) is 0 Å². The first-order chi connectivity index (χ1) is 30.9. The lowest BCUT2D eigenvalue weighted by Gasteiger charge is -2.41. The van der Waals surface area contributed by atoms with Crippen molar-refractivity contribution in [2.75, 3.05) is 6.61 Å². The second-order valence-electron chi connectivity index (χ2n) is 25.5. The van der Waals surface area contributed by atoms with Crippen LogP contribution in [0.15, 0.2) is 30.3 Å². The first-order valence-corrected chi connectivity index (χ1v) is 36.6. The molecule has 0 N–H and O–H groups in total. The highest BCUT2D eigenvalue weighted by Gasteiger charge is 2.52. The van der Waals surface area contributed by atoms with Crippen molar-refractivity contribution in [2.24, 2.45) is 0 Å². The van der Waals surface area contributed by atoms with E-state index in [4.69, 9.17) is 27.5 Å². The lowest BCUT2D eigenvalue weighted by atomic mass is 9.99. The van der Waals surface area contributed by atoms with Gasteiger partial charge >= 0.3 is 0 Å². The fourth-order valence-corrected chi connectivity index (χ4v) is 13.2. The van der Waals surface area contributed by atoms with E-state index in [1.165, 1.54) is 102 Å². The summed E-state index contributed by atoms with van der Waals surface area (Å²) in [6.07, 6.45) is 29.1. The van der Waals surface area contributed by atoms with E-state index in [-0.39, 0.29) is 57.8 Å². The Balaban J connectivity index is 1.68. The first-order valence-electron chi connectivity index (χ1n) is 27.8. The average molecular weight is 976 g/mol. The highest BCUT2D eigenvalue weighted by atomic mass is 28.4. The first kappa shape index (κ1) is 59.9. The minimum atomic E-state index is -2.11. The third kappa shape index (κ3) is 20.8. The highest BCUT2D eigenvalue weighted by Crippen LogP contribution is 2.46. The molecular weight excluding hydrogens is 865 g/mol. The Bertz CT molecular complexity index is 1420. The van der Waals surface area contributed by atoms with Crippen LogP contribution in [0.25, 0.3) is 0 Å². The molecule has 7 atom stereocenters. The van der Waals surface area contributed by atoms with Gasteiger partial charge in [0.2, 0.25) is 0 Å². The molecule has 2 aliphatic heterocycles. The summed E-state index contributed by atoms with van der Waals surface area (Å²) in [5.74, 6) is 0. The predicted molar refractivity (Wildman–Crippen MR) is 291 cm³/mol. The number of hydrogen-bond acceptors (Lipinski definition) is 6. The molecule has 2 aliphatic rings. The normalized spacial score (nSPS) is 22.3. The van der Waals surface area contributed by atoms with Gasteiger partial charge in [-0.05, 0) is 92.1 Å². The molecule has 0 saturated carbocycles. The van der Waals surface area contributed by atoms with Gasteiger partial charge in [-0.3, -0.25) is 0 Å². The standard InChI is InChI=1S/C57H110O6Si3/c1-17-18-19-20-21-22-23-24-25-26-27-28-29-30-35-41-50(62-65(13,14)56(5,6)7)52-45-53(63-66(15,16)57(8,9)10)54(60-52)51-43-42-48(59-51)49(61-64(11,12)55(2,3)4)40-36-32-37-44-58-46-47-38-33-31-34-39-47/h31,33-34,38-39,48-54H,17-30,32,35-37,40-46H2,1-16H3/t48-,49+,50-,51-,52-,53+,54+/m0/s1. The minimum absolute atomic E-state index is 0.00172. The van der Waals surface area contributed by atoms with Gasteiger partial charge in [0.15, 0.2) is 25.0 Å². The minimum Gasteiger partial charge on any atom is -0.411 e. The van der Waals surface area contributed by atoms with Crippen molar-refractivity contribution in [3.05, 3.63) is 35.9 Å². The summed E-state index contributed by atoms with van der Waals surface area (Å²) >= 11 is 0. The average Bonchev–Trinajstić information content (AvgIpc) is 3.87. The van der Waals surface area contributed by atoms with Crippen LogP contribution >= 0.6 is 0 Å². The van der Waals surface area contributed by atoms with E-state index < -0.39 is 25.0 Å².